The first-order chi connectivity index (χ1) is 27.2. The van der Waals surface area contributed by atoms with E-state index in [4.69, 9.17) is 0 Å². The maximum absolute atomic E-state index is 4.64. The highest BCUT2D eigenvalue weighted by Crippen LogP contribution is 2.38. The summed E-state index contributed by atoms with van der Waals surface area (Å²) in [6, 6.07) is 69.3. The summed E-state index contributed by atoms with van der Waals surface area (Å²) in [4.78, 5) is 5.69. The second-order valence-electron chi connectivity index (χ2n) is 13.4. The van der Waals surface area contributed by atoms with Gasteiger partial charge in [0.2, 0.25) is 0 Å². The van der Waals surface area contributed by atoms with Gasteiger partial charge >= 0.3 is 0 Å². The number of benzene rings is 8. The molecule has 0 aliphatic carbocycles. The van der Waals surface area contributed by atoms with Crippen LogP contribution in [0.5, 0.6) is 0 Å². The van der Waals surface area contributed by atoms with Gasteiger partial charge < -0.3 is 4.90 Å². The molecule has 7 heteroatoms. The Labute approximate surface area is 318 Å². The number of hydrogen-bond donors (Lipinski definition) is 0. The Bertz CT molecular complexity index is 2650. The van der Waals surface area contributed by atoms with E-state index >= 15 is 0 Å². The molecule has 7 nitrogen and oxygen atoms in total. The van der Waals surface area contributed by atoms with Crippen molar-refractivity contribution in [2.24, 2.45) is 0 Å². The lowest BCUT2D eigenvalue weighted by Crippen LogP contribution is -2.09. The van der Waals surface area contributed by atoms with E-state index in [1.165, 1.54) is 11.1 Å². The van der Waals surface area contributed by atoms with Crippen LogP contribution in [0.3, 0.4) is 0 Å². The van der Waals surface area contributed by atoms with Crippen LogP contribution < -0.4 is 4.90 Å². The van der Waals surface area contributed by atoms with Gasteiger partial charge in [-0.3, -0.25) is 0 Å². The number of hydrogen-bond acceptors (Lipinski definition) is 5. The van der Waals surface area contributed by atoms with E-state index in [-0.39, 0.29) is 0 Å². The molecular weight excluding hydrogens is 675 g/mol. The third-order valence-electron chi connectivity index (χ3n) is 9.92. The van der Waals surface area contributed by atoms with Crippen molar-refractivity contribution < 1.29 is 0 Å². The molecule has 0 atom stereocenters. The summed E-state index contributed by atoms with van der Waals surface area (Å²) in [5.41, 5.74) is 15.4. The third-order valence-corrected chi connectivity index (χ3v) is 9.92. The smallest absolute Gasteiger partial charge is 0.113 e. The molecule has 0 amide bonds. The Morgan fingerprint density at radius 1 is 0.255 bits per heavy atom. The highest BCUT2D eigenvalue weighted by atomic mass is 15.5. The monoisotopic (exact) mass is 707 g/mol. The molecule has 8 aromatic carbocycles. The van der Waals surface area contributed by atoms with E-state index in [9.17, 15) is 0 Å². The van der Waals surface area contributed by atoms with Crippen LogP contribution in [0.25, 0.3) is 66.8 Å². The molecule has 0 saturated carbocycles. The van der Waals surface area contributed by atoms with E-state index < -0.39 is 0 Å². The van der Waals surface area contributed by atoms with Crippen LogP contribution in [0.15, 0.2) is 200 Å². The van der Waals surface area contributed by atoms with Crippen LogP contribution in [-0.4, -0.2) is 30.0 Å². The van der Waals surface area contributed by atoms with Gasteiger partial charge in [0, 0.05) is 17.1 Å². The van der Waals surface area contributed by atoms with E-state index in [2.05, 4.69) is 171 Å². The van der Waals surface area contributed by atoms with Gasteiger partial charge in [-0.1, -0.05) is 115 Å². The normalized spacial score (nSPS) is 11.3. The summed E-state index contributed by atoms with van der Waals surface area (Å²) in [7, 11) is 0. The highest BCUT2D eigenvalue weighted by Gasteiger charge is 2.14. The summed E-state index contributed by atoms with van der Waals surface area (Å²) in [5, 5.41) is 18.5. The van der Waals surface area contributed by atoms with Gasteiger partial charge in [-0.05, 0) is 118 Å². The van der Waals surface area contributed by atoms with Gasteiger partial charge in [0.1, 0.15) is 22.1 Å². The molecule has 0 aliphatic rings. The Kier molecular flexibility index (Phi) is 8.00. The van der Waals surface area contributed by atoms with Crippen molar-refractivity contribution in [3.63, 3.8) is 0 Å². The predicted octanol–water partition coefficient (Wildman–Crippen LogP) is 11.6. The molecule has 55 heavy (non-hydrogen) atoms. The van der Waals surface area contributed by atoms with Gasteiger partial charge in [-0.25, -0.2) is 0 Å². The Morgan fingerprint density at radius 3 is 0.818 bits per heavy atom. The summed E-state index contributed by atoms with van der Waals surface area (Å²) >= 11 is 0. The minimum absolute atomic E-state index is 0.878. The molecule has 0 radical (unpaired) electrons. The second kappa shape index (κ2) is 13.7. The van der Waals surface area contributed by atoms with Crippen LogP contribution in [-0.2, 0) is 0 Å². The number of fused-ring (bicyclic) bond motifs is 2. The van der Waals surface area contributed by atoms with Crippen molar-refractivity contribution in [1.29, 1.82) is 0 Å². The van der Waals surface area contributed by atoms with Crippen LogP contribution >= 0.6 is 0 Å². The molecule has 0 unspecified atom stereocenters. The fourth-order valence-corrected chi connectivity index (χ4v) is 7.01. The zero-order valence-corrected chi connectivity index (χ0v) is 29.7. The first kappa shape index (κ1) is 32.0. The quantitative estimate of drug-likeness (QED) is 0.157. The largest absolute Gasteiger partial charge is 0.311 e. The average Bonchev–Trinajstić information content (AvgIpc) is 3.91. The first-order valence-corrected chi connectivity index (χ1v) is 18.2. The molecule has 0 N–H and O–H groups in total. The molecule has 0 fully saturated rings. The Morgan fingerprint density at radius 2 is 0.509 bits per heavy atom. The van der Waals surface area contributed by atoms with Gasteiger partial charge in [0.05, 0.1) is 11.4 Å². The lowest BCUT2D eigenvalue weighted by molar-refractivity contribution is 0.766. The summed E-state index contributed by atoms with van der Waals surface area (Å²) in [6.45, 7) is 0. The molecule has 2 heterocycles. The minimum Gasteiger partial charge on any atom is -0.311 e. The lowest BCUT2D eigenvalue weighted by atomic mass is 10.0. The highest BCUT2D eigenvalue weighted by molar-refractivity contribution is 5.81. The van der Waals surface area contributed by atoms with Gasteiger partial charge in [-0.15, -0.1) is 20.4 Å². The Hall–Kier alpha value is -7.64. The number of nitrogens with zero attached hydrogens (tertiary/aromatic N) is 7. The predicted molar refractivity (Wildman–Crippen MR) is 222 cm³/mol. The van der Waals surface area contributed by atoms with E-state index in [0.29, 0.717) is 0 Å². The van der Waals surface area contributed by atoms with Gasteiger partial charge in [-0.2, -0.15) is 9.59 Å². The number of aromatic nitrogens is 6. The summed E-state index contributed by atoms with van der Waals surface area (Å²) in [6.07, 6.45) is 0. The zero-order valence-electron chi connectivity index (χ0n) is 29.7. The molecule has 10 aromatic rings. The fourth-order valence-electron chi connectivity index (χ4n) is 7.01. The summed E-state index contributed by atoms with van der Waals surface area (Å²) in [5.74, 6) is 0. The van der Waals surface area contributed by atoms with Crippen molar-refractivity contribution in [3.8, 4) is 44.8 Å². The molecule has 0 spiro atoms. The maximum Gasteiger partial charge on any atom is 0.113 e. The third kappa shape index (κ3) is 6.30. The topological polar surface area (TPSA) is 64.7 Å². The fraction of sp³-hybridized carbons (Fsp3) is 0. The molecule has 0 saturated heterocycles. The molecule has 0 aliphatic heterocycles. The minimum atomic E-state index is 0.878. The van der Waals surface area contributed by atoms with Crippen LogP contribution in [0.2, 0.25) is 0 Å². The lowest BCUT2D eigenvalue weighted by Gasteiger charge is -2.26. The van der Waals surface area contributed by atoms with Gasteiger partial charge in [0.25, 0.3) is 0 Å². The van der Waals surface area contributed by atoms with E-state index in [1.807, 2.05) is 54.6 Å². The van der Waals surface area contributed by atoms with Crippen molar-refractivity contribution >= 4 is 39.1 Å². The second-order valence-corrected chi connectivity index (χ2v) is 13.4. The van der Waals surface area contributed by atoms with Crippen molar-refractivity contribution in [1.82, 2.24) is 30.0 Å². The molecule has 0 bridgehead atoms. The maximum atomic E-state index is 4.64. The van der Waals surface area contributed by atoms with Gasteiger partial charge in [0.15, 0.2) is 0 Å². The van der Waals surface area contributed by atoms with Crippen LogP contribution in [0.4, 0.5) is 17.1 Å². The molecule has 2 aromatic heterocycles. The summed E-state index contributed by atoms with van der Waals surface area (Å²) < 4.78 is 0. The Balaban J connectivity index is 0.942. The van der Waals surface area contributed by atoms with Crippen molar-refractivity contribution in [2.45, 2.75) is 0 Å². The SMILES string of the molecule is c1ccc(-c2ccc(N(c3ccc(-c4ccc(-n5nc6ccccc6n5)cc4)cc3)c3ccc(-c4ccc(-n5nc6ccccc6n5)cc4)cc3)cc2)cc1. The van der Waals surface area contributed by atoms with E-state index in [0.717, 1.165) is 72.8 Å². The first-order valence-electron chi connectivity index (χ1n) is 18.2. The van der Waals surface area contributed by atoms with Crippen molar-refractivity contribution in [3.05, 3.63) is 200 Å². The molecular formula is C48H33N7. The van der Waals surface area contributed by atoms with E-state index in [1.54, 1.807) is 9.59 Å². The van der Waals surface area contributed by atoms with Crippen LogP contribution in [0.1, 0.15) is 0 Å². The molecule has 260 valence electrons. The standard InChI is InChI=1S/C48H33N7/c1-2-8-34(9-3-1)35-14-24-40(25-15-35)53(41-26-16-36(17-27-41)38-20-30-43(31-21-38)54-49-45-10-4-5-11-46(45)50-54)42-28-18-37(19-29-42)39-22-32-44(33-23-39)55-51-47-12-6-7-13-48(47)52-55/h1-33H. The average molecular weight is 708 g/mol. The molecule has 10 rings (SSSR count). The zero-order chi connectivity index (χ0) is 36.6. The number of anilines is 3. The number of rotatable bonds is 8. The van der Waals surface area contributed by atoms with Crippen LogP contribution in [0, 0.1) is 0 Å². The van der Waals surface area contributed by atoms with Crippen molar-refractivity contribution in [2.75, 3.05) is 4.90 Å².